The molecule has 2 N–H and O–H groups in total. The smallest absolute Gasteiger partial charge is 0.216 e. The summed E-state index contributed by atoms with van der Waals surface area (Å²) in [5, 5.41) is 5.70. The Labute approximate surface area is 91.5 Å². The normalized spacial score (nSPS) is 11.3. The molecule has 0 saturated heterocycles. The molecule has 0 fully saturated rings. The molecule has 5 nitrogen and oxygen atoms in total. The topological polar surface area (TPSA) is 75.3 Å². The van der Waals surface area contributed by atoms with E-state index in [1.165, 1.54) is 6.92 Å². The minimum Gasteiger partial charge on any atom is -0.355 e. The number of nitrogens with one attached hydrogen (secondary N) is 2. The minimum atomic E-state index is -2.84. The number of hydrogen-bond donors (Lipinski definition) is 2. The largest absolute Gasteiger partial charge is 0.355 e. The molecule has 0 aromatic carbocycles. The Morgan fingerprint density at radius 2 is 1.87 bits per heavy atom. The van der Waals surface area contributed by atoms with Crippen LogP contribution in [-0.4, -0.2) is 45.5 Å². The zero-order valence-electron chi connectivity index (χ0n) is 9.38. The molecule has 6 heteroatoms. The van der Waals surface area contributed by atoms with E-state index in [9.17, 15) is 13.2 Å². The van der Waals surface area contributed by atoms with Crippen molar-refractivity contribution < 1.29 is 13.2 Å². The van der Waals surface area contributed by atoms with Gasteiger partial charge in [0.2, 0.25) is 5.91 Å². The molecule has 0 radical (unpaired) electrons. The van der Waals surface area contributed by atoms with Crippen molar-refractivity contribution in [1.82, 2.24) is 10.6 Å². The average molecular weight is 236 g/mol. The van der Waals surface area contributed by atoms with Crippen LogP contribution in [0.15, 0.2) is 0 Å². The number of sulfone groups is 1. The van der Waals surface area contributed by atoms with Crippen molar-refractivity contribution in [2.75, 3.05) is 31.1 Å². The molecule has 0 bridgehead atoms. The predicted octanol–water partition coefficient (Wildman–Crippen LogP) is -0.463. The van der Waals surface area contributed by atoms with Crippen LogP contribution in [0.5, 0.6) is 0 Å². The van der Waals surface area contributed by atoms with Gasteiger partial charge in [-0.3, -0.25) is 4.79 Å². The average Bonchev–Trinajstić information content (AvgIpc) is 2.16. The highest BCUT2D eigenvalue weighted by molar-refractivity contribution is 7.91. The third-order valence-corrected chi connectivity index (χ3v) is 3.71. The van der Waals surface area contributed by atoms with E-state index in [4.69, 9.17) is 0 Å². The van der Waals surface area contributed by atoms with Crippen LogP contribution in [0.1, 0.15) is 20.3 Å². The van der Waals surface area contributed by atoms with Crippen LogP contribution >= 0.6 is 0 Å². The van der Waals surface area contributed by atoms with Crippen LogP contribution in [0.3, 0.4) is 0 Å². The fourth-order valence-electron chi connectivity index (χ4n) is 1.01. The Bertz CT molecular complexity index is 275. The molecular weight excluding hydrogens is 216 g/mol. The number of rotatable bonds is 8. The SMILES string of the molecule is CCS(=O)(=O)CCCNCCNC(C)=O. The van der Waals surface area contributed by atoms with Crippen LogP contribution in [0.25, 0.3) is 0 Å². The lowest BCUT2D eigenvalue weighted by Gasteiger charge is -2.05. The third kappa shape index (κ3) is 9.68. The van der Waals surface area contributed by atoms with Gasteiger partial charge < -0.3 is 10.6 Å². The number of amides is 1. The lowest BCUT2D eigenvalue weighted by atomic mass is 10.4. The molecule has 0 aromatic heterocycles. The first-order valence-corrected chi connectivity index (χ1v) is 6.95. The van der Waals surface area contributed by atoms with Crippen LogP contribution < -0.4 is 10.6 Å². The van der Waals surface area contributed by atoms with E-state index >= 15 is 0 Å². The second kappa shape index (κ2) is 7.64. The zero-order valence-corrected chi connectivity index (χ0v) is 10.2. The van der Waals surface area contributed by atoms with E-state index in [2.05, 4.69) is 10.6 Å². The first-order chi connectivity index (χ1) is 6.98. The lowest BCUT2D eigenvalue weighted by molar-refractivity contribution is -0.118. The molecule has 15 heavy (non-hydrogen) atoms. The summed E-state index contributed by atoms with van der Waals surface area (Å²) in [4.78, 5) is 10.5. The van der Waals surface area contributed by atoms with E-state index in [1.807, 2.05) is 0 Å². The molecule has 0 aliphatic rings. The summed E-state index contributed by atoms with van der Waals surface area (Å²) in [5.74, 6) is 0.389. The molecule has 1 amide bonds. The minimum absolute atomic E-state index is 0.0506. The van der Waals surface area contributed by atoms with Crippen molar-refractivity contribution in [3.8, 4) is 0 Å². The highest BCUT2D eigenvalue weighted by atomic mass is 32.2. The Morgan fingerprint density at radius 1 is 1.20 bits per heavy atom. The summed E-state index contributed by atoms with van der Waals surface area (Å²) >= 11 is 0. The predicted molar refractivity (Wildman–Crippen MR) is 60.5 cm³/mol. The maximum absolute atomic E-state index is 11.1. The summed E-state index contributed by atoms with van der Waals surface area (Å²) in [6.07, 6.45) is 0.621. The van der Waals surface area contributed by atoms with Gasteiger partial charge in [-0.05, 0) is 13.0 Å². The van der Waals surface area contributed by atoms with Gasteiger partial charge in [-0.15, -0.1) is 0 Å². The molecule has 90 valence electrons. The molecule has 0 aromatic rings. The van der Waals surface area contributed by atoms with Gasteiger partial charge >= 0.3 is 0 Å². The summed E-state index contributed by atoms with van der Waals surface area (Å²) in [6.45, 7) is 5.04. The second-order valence-corrected chi connectivity index (χ2v) is 5.80. The van der Waals surface area contributed by atoms with Crippen LogP contribution in [0.2, 0.25) is 0 Å². The Morgan fingerprint density at radius 3 is 2.40 bits per heavy atom. The Kier molecular flexibility index (Phi) is 7.33. The highest BCUT2D eigenvalue weighted by Gasteiger charge is 2.05. The number of hydrogen-bond acceptors (Lipinski definition) is 4. The van der Waals surface area contributed by atoms with Gasteiger partial charge in [-0.2, -0.15) is 0 Å². The van der Waals surface area contributed by atoms with Gasteiger partial charge in [0.15, 0.2) is 0 Å². The second-order valence-electron chi connectivity index (χ2n) is 3.32. The van der Waals surface area contributed by atoms with E-state index < -0.39 is 9.84 Å². The fourth-order valence-corrected chi connectivity index (χ4v) is 1.89. The monoisotopic (exact) mass is 236 g/mol. The van der Waals surface area contributed by atoms with Crippen LogP contribution in [-0.2, 0) is 14.6 Å². The molecule has 0 aliphatic heterocycles. The molecule has 0 aliphatic carbocycles. The highest BCUT2D eigenvalue weighted by Crippen LogP contribution is 1.91. The maximum atomic E-state index is 11.1. The standard InChI is InChI=1S/C9H20N2O3S/c1-3-15(13,14)8-4-5-10-6-7-11-9(2)12/h10H,3-8H2,1-2H3,(H,11,12). The van der Waals surface area contributed by atoms with E-state index in [-0.39, 0.29) is 17.4 Å². The van der Waals surface area contributed by atoms with Crippen molar-refractivity contribution in [3.05, 3.63) is 0 Å². The number of carbonyl (C=O) groups is 1. The Balaban J connectivity index is 3.29. The summed E-state index contributed by atoms with van der Waals surface area (Å²) in [7, 11) is -2.84. The quantitative estimate of drug-likeness (QED) is 0.559. The fraction of sp³-hybridized carbons (Fsp3) is 0.889. The zero-order chi connectivity index (χ0) is 11.7. The van der Waals surface area contributed by atoms with Gasteiger partial charge in [-0.1, -0.05) is 6.92 Å². The van der Waals surface area contributed by atoms with E-state index in [0.29, 0.717) is 26.1 Å². The maximum Gasteiger partial charge on any atom is 0.216 e. The van der Waals surface area contributed by atoms with E-state index in [1.54, 1.807) is 6.92 Å². The van der Waals surface area contributed by atoms with E-state index in [0.717, 1.165) is 0 Å². The lowest BCUT2D eigenvalue weighted by Crippen LogP contribution is -2.31. The van der Waals surface area contributed by atoms with Crippen molar-refractivity contribution in [2.24, 2.45) is 0 Å². The van der Waals surface area contributed by atoms with Crippen molar-refractivity contribution in [1.29, 1.82) is 0 Å². The van der Waals surface area contributed by atoms with Crippen molar-refractivity contribution >= 4 is 15.7 Å². The molecule has 0 spiro atoms. The van der Waals surface area contributed by atoms with Crippen LogP contribution in [0.4, 0.5) is 0 Å². The third-order valence-electron chi connectivity index (χ3n) is 1.92. The van der Waals surface area contributed by atoms with Gasteiger partial charge in [0.25, 0.3) is 0 Å². The van der Waals surface area contributed by atoms with Gasteiger partial charge in [0.05, 0.1) is 5.75 Å². The number of carbonyl (C=O) groups excluding carboxylic acids is 1. The summed E-state index contributed by atoms with van der Waals surface area (Å²) in [6, 6.07) is 0. The van der Waals surface area contributed by atoms with Gasteiger partial charge in [0, 0.05) is 25.8 Å². The molecule has 0 rings (SSSR count). The molecule has 0 heterocycles. The molecule has 0 atom stereocenters. The first kappa shape index (κ1) is 14.4. The molecular formula is C9H20N2O3S. The van der Waals surface area contributed by atoms with Crippen molar-refractivity contribution in [2.45, 2.75) is 20.3 Å². The van der Waals surface area contributed by atoms with Gasteiger partial charge in [0.1, 0.15) is 9.84 Å². The van der Waals surface area contributed by atoms with Crippen LogP contribution in [0, 0.1) is 0 Å². The molecule has 0 saturated carbocycles. The summed E-state index contributed by atoms with van der Waals surface area (Å²) < 4.78 is 22.2. The summed E-state index contributed by atoms with van der Waals surface area (Å²) in [5.41, 5.74) is 0. The van der Waals surface area contributed by atoms with Crippen molar-refractivity contribution in [3.63, 3.8) is 0 Å². The Hall–Kier alpha value is -0.620. The van der Waals surface area contributed by atoms with Gasteiger partial charge in [-0.25, -0.2) is 8.42 Å². The molecule has 0 unspecified atom stereocenters. The first-order valence-electron chi connectivity index (χ1n) is 5.13.